The predicted octanol–water partition coefficient (Wildman–Crippen LogP) is -1.24. The summed E-state index contributed by atoms with van der Waals surface area (Å²) in [7, 11) is 1.82. The largest absolute Gasteiger partial charge is 0.301 e. The standard InChI is InChI=1S/C4H10N2S/c1-3-7-4(5)6-2/h3H2,1-2H3,(H2,5,6)/p+1. The van der Waals surface area contributed by atoms with E-state index in [1.165, 1.54) is 0 Å². The average molecular weight is 119 g/mol. The third-order valence-electron chi connectivity index (χ3n) is 0.546. The molecular formula is C4H11N2S+. The number of thioether (sulfide) groups is 1. The lowest BCUT2D eigenvalue weighted by Gasteiger charge is -1.83. The van der Waals surface area contributed by atoms with Crippen LogP contribution >= 0.6 is 11.8 Å². The Labute approximate surface area is 48.2 Å². The summed E-state index contributed by atoms with van der Waals surface area (Å²) in [6.07, 6.45) is 0. The Kier molecular flexibility index (Phi) is 3.89. The summed E-state index contributed by atoms with van der Waals surface area (Å²) >= 11 is 1.61. The van der Waals surface area contributed by atoms with E-state index in [0.717, 1.165) is 10.9 Å². The maximum atomic E-state index is 5.35. The minimum Gasteiger partial charge on any atom is -0.282 e. The summed E-state index contributed by atoms with van der Waals surface area (Å²) in [5.41, 5.74) is 5.35. The molecule has 42 valence electrons. The molecule has 0 aliphatic heterocycles. The molecule has 0 aromatic heterocycles. The van der Waals surface area contributed by atoms with Gasteiger partial charge in [-0.25, -0.2) is 0 Å². The zero-order valence-corrected chi connectivity index (χ0v) is 5.51. The van der Waals surface area contributed by atoms with E-state index in [0.29, 0.717) is 0 Å². The zero-order chi connectivity index (χ0) is 5.70. The first-order valence-corrected chi connectivity index (χ1v) is 3.22. The van der Waals surface area contributed by atoms with Crippen LogP contribution in [-0.2, 0) is 0 Å². The Bertz CT molecular complexity index is 70.1. The van der Waals surface area contributed by atoms with Gasteiger partial charge in [-0.3, -0.25) is 10.7 Å². The Hall–Kier alpha value is -0.180. The fourth-order valence-electron chi connectivity index (χ4n) is 0.228. The second-order valence-corrected chi connectivity index (χ2v) is 2.35. The molecule has 0 bridgehead atoms. The highest BCUT2D eigenvalue weighted by Crippen LogP contribution is 1.90. The molecule has 0 heterocycles. The summed E-state index contributed by atoms with van der Waals surface area (Å²) in [6, 6.07) is 0. The van der Waals surface area contributed by atoms with Crippen LogP contribution in [0.3, 0.4) is 0 Å². The van der Waals surface area contributed by atoms with Gasteiger partial charge in [0.15, 0.2) is 0 Å². The minimum absolute atomic E-state index is 0.794. The molecule has 0 aliphatic rings. The van der Waals surface area contributed by atoms with Gasteiger partial charge < -0.3 is 0 Å². The Balaban J connectivity index is 3.17. The van der Waals surface area contributed by atoms with Crippen molar-refractivity contribution in [2.24, 2.45) is 5.73 Å². The van der Waals surface area contributed by atoms with Gasteiger partial charge >= 0.3 is 5.17 Å². The van der Waals surface area contributed by atoms with Crippen LogP contribution < -0.4 is 10.7 Å². The van der Waals surface area contributed by atoms with Gasteiger partial charge in [-0.2, -0.15) is 0 Å². The van der Waals surface area contributed by atoms with Crippen molar-refractivity contribution in [3.63, 3.8) is 0 Å². The second kappa shape index (κ2) is 3.99. The predicted molar refractivity (Wildman–Crippen MR) is 34.2 cm³/mol. The van der Waals surface area contributed by atoms with Crippen LogP contribution in [0.5, 0.6) is 0 Å². The normalized spacial score (nSPS) is 12.0. The van der Waals surface area contributed by atoms with Crippen LogP contribution in [0.15, 0.2) is 0 Å². The molecule has 0 rings (SSSR count). The molecule has 3 N–H and O–H groups in total. The lowest BCUT2D eigenvalue weighted by Crippen LogP contribution is -2.69. The molecule has 0 aromatic rings. The third-order valence-corrected chi connectivity index (χ3v) is 1.35. The lowest BCUT2D eigenvalue weighted by atomic mass is 11.0. The highest BCUT2D eigenvalue weighted by molar-refractivity contribution is 8.13. The van der Waals surface area contributed by atoms with Crippen molar-refractivity contribution < 1.29 is 4.99 Å². The average Bonchev–Trinajstić information content (AvgIpc) is 1.68. The van der Waals surface area contributed by atoms with E-state index in [1.54, 1.807) is 11.8 Å². The summed E-state index contributed by atoms with van der Waals surface area (Å²) < 4.78 is 0. The second-order valence-electron chi connectivity index (χ2n) is 1.05. The molecule has 0 saturated carbocycles. The van der Waals surface area contributed by atoms with Crippen molar-refractivity contribution >= 4 is 16.9 Å². The van der Waals surface area contributed by atoms with Crippen LogP contribution in [-0.4, -0.2) is 18.0 Å². The van der Waals surface area contributed by atoms with E-state index in [-0.39, 0.29) is 0 Å². The number of amidine groups is 1. The van der Waals surface area contributed by atoms with Gasteiger partial charge in [0.2, 0.25) is 0 Å². The zero-order valence-electron chi connectivity index (χ0n) is 4.69. The van der Waals surface area contributed by atoms with Crippen molar-refractivity contribution in [2.75, 3.05) is 12.8 Å². The molecule has 0 spiro atoms. The summed E-state index contributed by atoms with van der Waals surface area (Å²) in [6.45, 7) is 2.06. The van der Waals surface area contributed by atoms with Gasteiger partial charge in [-0.15, -0.1) is 0 Å². The molecule has 2 nitrogen and oxygen atoms in total. The van der Waals surface area contributed by atoms with Crippen molar-refractivity contribution in [1.29, 1.82) is 0 Å². The number of hydrogen-bond acceptors (Lipinski definition) is 1. The molecule has 0 fully saturated rings. The molecule has 0 unspecified atom stereocenters. The minimum atomic E-state index is 0.794. The first-order valence-electron chi connectivity index (χ1n) is 2.24. The van der Waals surface area contributed by atoms with Crippen LogP contribution in [0.25, 0.3) is 0 Å². The van der Waals surface area contributed by atoms with Crippen LogP contribution in [0.1, 0.15) is 6.92 Å². The highest BCUT2D eigenvalue weighted by atomic mass is 32.2. The highest BCUT2D eigenvalue weighted by Gasteiger charge is 1.90. The lowest BCUT2D eigenvalue weighted by molar-refractivity contribution is -0.417. The van der Waals surface area contributed by atoms with E-state index in [9.17, 15) is 0 Å². The molecule has 3 heteroatoms. The fourth-order valence-corrected chi connectivity index (χ4v) is 0.683. The molecular weight excluding hydrogens is 108 g/mol. The van der Waals surface area contributed by atoms with Gasteiger partial charge in [0.1, 0.15) is 0 Å². The van der Waals surface area contributed by atoms with Gasteiger partial charge in [-0.1, -0.05) is 6.92 Å². The maximum absolute atomic E-state index is 5.35. The topological polar surface area (TPSA) is 40.0 Å². The smallest absolute Gasteiger partial charge is 0.282 e. The Morgan fingerprint density at radius 1 is 1.86 bits per heavy atom. The molecule has 0 amide bonds. The SMILES string of the molecule is CCSC(N)=[NH+]C. The van der Waals surface area contributed by atoms with E-state index < -0.39 is 0 Å². The molecule has 7 heavy (non-hydrogen) atoms. The van der Waals surface area contributed by atoms with Crippen molar-refractivity contribution in [3.8, 4) is 0 Å². The van der Waals surface area contributed by atoms with Gasteiger partial charge in [0, 0.05) is 5.75 Å². The third kappa shape index (κ3) is 3.66. The summed E-state index contributed by atoms with van der Waals surface area (Å²) in [5, 5.41) is 0.794. The Morgan fingerprint density at radius 2 is 2.43 bits per heavy atom. The van der Waals surface area contributed by atoms with Crippen LogP contribution in [0, 0.1) is 0 Å². The first-order chi connectivity index (χ1) is 3.31. The summed E-state index contributed by atoms with van der Waals surface area (Å²) in [5.74, 6) is 1.03. The molecule has 0 saturated heterocycles. The van der Waals surface area contributed by atoms with Gasteiger partial charge in [0.25, 0.3) is 0 Å². The van der Waals surface area contributed by atoms with Gasteiger partial charge in [0.05, 0.1) is 7.05 Å². The summed E-state index contributed by atoms with van der Waals surface area (Å²) in [4.78, 5) is 2.82. The first kappa shape index (κ1) is 6.82. The van der Waals surface area contributed by atoms with Crippen LogP contribution in [0.2, 0.25) is 0 Å². The molecule has 0 radical (unpaired) electrons. The van der Waals surface area contributed by atoms with Crippen molar-refractivity contribution in [2.45, 2.75) is 6.92 Å². The fraction of sp³-hybridized carbons (Fsp3) is 0.750. The van der Waals surface area contributed by atoms with Crippen LogP contribution in [0.4, 0.5) is 0 Å². The number of nitrogens with one attached hydrogen (secondary N) is 1. The van der Waals surface area contributed by atoms with E-state index in [2.05, 4.69) is 11.9 Å². The monoisotopic (exact) mass is 119 g/mol. The number of rotatable bonds is 1. The maximum Gasteiger partial charge on any atom is 0.301 e. The molecule has 0 atom stereocenters. The van der Waals surface area contributed by atoms with E-state index in [1.807, 2.05) is 7.05 Å². The quantitative estimate of drug-likeness (QED) is 0.335. The van der Waals surface area contributed by atoms with Crippen molar-refractivity contribution in [1.82, 2.24) is 0 Å². The van der Waals surface area contributed by atoms with Gasteiger partial charge in [-0.05, 0) is 11.8 Å². The van der Waals surface area contributed by atoms with Crippen molar-refractivity contribution in [3.05, 3.63) is 0 Å². The molecule has 0 aromatic carbocycles. The molecule has 0 aliphatic carbocycles. The number of nitrogens with two attached hydrogens (primary N) is 1. The van der Waals surface area contributed by atoms with E-state index >= 15 is 0 Å². The van der Waals surface area contributed by atoms with E-state index in [4.69, 9.17) is 5.73 Å². The Morgan fingerprint density at radius 3 is 2.57 bits per heavy atom. The number of hydrogen-bond donors (Lipinski definition) is 2.